The maximum absolute atomic E-state index is 13.2. The lowest BCUT2D eigenvalue weighted by Gasteiger charge is -2.12. The van der Waals surface area contributed by atoms with Gasteiger partial charge in [0.2, 0.25) is 10.0 Å². The van der Waals surface area contributed by atoms with Crippen LogP contribution >= 0.6 is 0 Å². The molecule has 2 aromatic carbocycles. The Morgan fingerprint density at radius 3 is 2.24 bits per heavy atom. The number of halogens is 5. The van der Waals surface area contributed by atoms with Crippen LogP contribution in [0.15, 0.2) is 42.5 Å². The Labute approximate surface area is 140 Å². The number of nitrogens with one attached hydrogen (secondary N) is 1. The summed E-state index contributed by atoms with van der Waals surface area (Å²) in [7, 11) is -4.03. The molecule has 0 unspecified atom stereocenters. The highest BCUT2D eigenvalue weighted by Crippen LogP contribution is 2.33. The average Bonchev–Trinajstić information content (AvgIpc) is 2.50. The Kier molecular flexibility index (Phi) is 5.51. The number of benzene rings is 2. The molecule has 136 valence electrons. The smallest absolute Gasteiger partial charge is 0.419 e. The van der Waals surface area contributed by atoms with Gasteiger partial charge in [0.25, 0.3) is 0 Å². The SMILES string of the molecule is O=S(=O)(CCOc1ccc(F)cc1)Nc1ccc(F)c(C(F)(F)F)c1. The molecule has 0 bridgehead atoms. The minimum Gasteiger partial charge on any atom is -0.492 e. The fourth-order valence-electron chi connectivity index (χ4n) is 1.84. The van der Waals surface area contributed by atoms with Crippen LogP contribution in [0.4, 0.5) is 27.6 Å². The largest absolute Gasteiger partial charge is 0.492 e. The number of hydrogen-bond acceptors (Lipinski definition) is 3. The number of ether oxygens (including phenoxy) is 1. The number of hydrogen-bond donors (Lipinski definition) is 1. The van der Waals surface area contributed by atoms with Gasteiger partial charge in [-0.25, -0.2) is 17.2 Å². The molecule has 0 saturated heterocycles. The van der Waals surface area contributed by atoms with Crippen molar-refractivity contribution in [2.45, 2.75) is 6.18 Å². The van der Waals surface area contributed by atoms with E-state index >= 15 is 0 Å². The molecule has 1 N–H and O–H groups in total. The Morgan fingerprint density at radius 1 is 1.00 bits per heavy atom. The molecule has 0 saturated carbocycles. The highest BCUT2D eigenvalue weighted by atomic mass is 32.2. The molecule has 0 aliphatic heterocycles. The fourth-order valence-corrected chi connectivity index (χ4v) is 2.73. The van der Waals surface area contributed by atoms with Crippen molar-refractivity contribution >= 4 is 15.7 Å². The van der Waals surface area contributed by atoms with Crippen molar-refractivity contribution in [3.05, 3.63) is 59.7 Å². The Bertz CT molecular complexity index is 835. The molecule has 0 heterocycles. The lowest BCUT2D eigenvalue weighted by molar-refractivity contribution is -0.139. The van der Waals surface area contributed by atoms with Crippen LogP contribution < -0.4 is 9.46 Å². The highest BCUT2D eigenvalue weighted by molar-refractivity contribution is 7.92. The topological polar surface area (TPSA) is 55.4 Å². The molecule has 25 heavy (non-hydrogen) atoms. The van der Waals surface area contributed by atoms with Gasteiger partial charge in [0.15, 0.2) is 0 Å². The number of sulfonamides is 1. The molecule has 10 heteroatoms. The first-order valence-corrected chi connectivity index (χ1v) is 8.48. The van der Waals surface area contributed by atoms with Crippen molar-refractivity contribution < 1.29 is 35.1 Å². The fraction of sp³-hybridized carbons (Fsp3) is 0.200. The zero-order valence-corrected chi connectivity index (χ0v) is 13.3. The summed E-state index contributed by atoms with van der Waals surface area (Å²) in [5, 5.41) is 0. The van der Waals surface area contributed by atoms with Gasteiger partial charge in [-0.05, 0) is 42.5 Å². The van der Waals surface area contributed by atoms with E-state index in [0.29, 0.717) is 12.1 Å². The number of rotatable bonds is 6. The normalized spacial score (nSPS) is 12.0. The molecule has 0 aromatic heterocycles. The van der Waals surface area contributed by atoms with Crippen molar-refractivity contribution in [3.63, 3.8) is 0 Å². The number of anilines is 1. The molecule has 0 radical (unpaired) electrons. The van der Waals surface area contributed by atoms with Crippen molar-refractivity contribution in [1.82, 2.24) is 0 Å². The Morgan fingerprint density at radius 2 is 1.64 bits per heavy atom. The molecule has 0 spiro atoms. The zero-order valence-electron chi connectivity index (χ0n) is 12.5. The monoisotopic (exact) mass is 381 g/mol. The van der Waals surface area contributed by atoms with Crippen LogP contribution in [0.25, 0.3) is 0 Å². The van der Waals surface area contributed by atoms with Crippen molar-refractivity contribution in [2.24, 2.45) is 0 Å². The summed E-state index contributed by atoms with van der Waals surface area (Å²) >= 11 is 0. The van der Waals surface area contributed by atoms with Crippen molar-refractivity contribution in [1.29, 1.82) is 0 Å². The van der Waals surface area contributed by atoms with E-state index in [0.717, 1.165) is 18.2 Å². The molecule has 0 atom stereocenters. The highest BCUT2D eigenvalue weighted by Gasteiger charge is 2.34. The third kappa shape index (κ3) is 5.59. The zero-order chi connectivity index (χ0) is 18.7. The molecule has 2 rings (SSSR count). The average molecular weight is 381 g/mol. The molecule has 0 aliphatic rings. The third-order valence-electron chi connectivity index (χ3n) is 2.98. The second-order valence-electron chi connectivity index (χ2n) is 4.92. The Hall–Kier alpha value is -2.36. The van der Waals surface area contributed by atoms with Crippen LogP contribution in [-0.2, 0) is 16.2 Å². The molecular formula is C15H12F5NO3S. The third-order valence-corrected chi connectivity index (χ3v) is 4.23. The van der Waals surface area contributed by atoms with Gasteiger partial charge >= 0.3 is 6.18 Å². The van der Waals surface area contributed by atoms with Crippen LogP contribution in [0.1, 0.15) is 5.56 Å². The van der Waals surface area contributed by atoms with Gasteiger partial charge in [-0.1, -0.05) is 0 Å². The van der Waals surface area contributed by atoms with E-state index in [1.165, 1.54) is 12.1 Å². The molecular weight excluding hydrogens is 369 g/mol. The Balaban J connectivity index is 2.00. The first-order valence-electron chi connectivity index (χ1n) is 6.82. The molecule has 0 aliphatic carbocycles. The van der Waals surface area contributed by atoms with Crippen LogP contribution in [0.3, 0.4) is 0 Å². The standard InChI is InChI=1S/C15H12F5NO3S/c16-10-1-4-12(5-2-10)24-7-8-25(22,23)21-11-3-6-14(17)13(9-11)15(18,19)20/h1-6,9,21H,7-8H2. The van der Waals surface area contributed by atoms with Gasteiger partial charge in [-0.15, -0.1) is 0 Å². The first kappa shape index (κ1) is 19.0. The second-order valence-corrected chi connectivity index (χ2v) is 6.76. The van der Waals surface area contributed by atoms with Gasteiger partial charge in [-0.2, -0.15) is 13.2 Å². The van der Waals surface area contributed by atoms with Crippen LogP contribution in [-0.4, -0.2) is 20.8 Å². The summed E-state index contributed by atoms with van der Waals surface area (Å²) in [6.45, 7) is -0.311. The van der Waals surface area contributed by atoms with E-state index in [4.69, 9.17) is 4.74 Å². The van der Waals surface area contributed by atoms with E-state index in [9.17, 15) is 30.4 Å². The first-order chi connectivity index (χ1) is 11.6. The summed E-state index contributed by atoms with van der Waals surface area (Å²) in [6, 6.07) is 6.61. The van der Waals surface area contributed by atoms with Crippen LogP contribution in [0.5, 0.6) is 5.75 Å². The van der Waals surface area contributed by atoms with Crippen LogP contribution in [0, 0.1) is 11.6 Å². The van der Waals surface area contributed by atoms with Crippen molar-refractivity contribution in [3.8, 4) is 5.75 Å². The summed E-state index contributed by atoms with van der Waals surface area (Å²) in [5.41, 5.74) is -1.99. The lowest BCUT2D eigenvalue weighted by Crippen LogP contribution is -2.21. The van der Waals surface area contributed by atoms with Gasteiger partial charge in [0, 0.05) is 5.69 Å². The predicted molar refractivity (Wildman–Crippen MR) is 80.7 cm³/mol. The molecule has 2 aromatic rings. The minimum absolute atomic E-state index is 0.234. The minimum atomic E-state index is -4.95. The van der Waals surface area contributed by atoms with Crippen molar-refractivity contribution in [2.75, 3.05) is 17.1 Å². The van der Waals surface area contributed by atoms with E-state index in [1.807, 2.05) is 4.72 Å². The maximum atomic E-state index is 13.2. The summed E-state index contributed by atoms with van der Waals surface area (Å²) in [5.74, 6) is -2.32. The molecule has 0 fully saturated rings. The van der Waals surface area contributed by atoms with Crippen LogP contribution in [0.2, 0.25) is 0 Å². The lowest BCUT2D eigenvalue weighted by atomic mass is 10.2. The number of alkyl halides is 3. The van der Waals surface area contributed by atoms with E-state index < -0.39 is 44.8 Å². The van der Waals surface area contributed by atoms with E-state index in [2.05, 4.69) is 0 Å². The quantitative estimate of drug-likeness (QED) is 0.775. The van der Waals surface area contributed by atoms with Gasteiger partial charge < -0.3 is 4.74 Å². The molecule has 0 amide bonds. The van der Waals surface area contributed by atoms with Gasteiger partial charge in [0.05, 0.1) is 5.56 Å². The second kappa shape index (κ2) is 7.26. The summed E-state index contributed by atoms with van der Waals surface area (Å²) < 4.78 is 94.5. The van der Waals surface area contributed by atoms with E-state index in [-0.39, 0.29) is 12.4 Å². The molecule has 4 nitrogen and oxygen atoms in total. The predicted octanol–water partition coefficient (Wildman–Crippen LogP) is 3.80. The van der Waals surface area contributed by atoms with Gasteiger partial charge in [0.1, 0.15) is 29.7 Å². The van der Waals surface area contributed by atoms with Gasteiger partial charge in [-0.3, -0.25) is 4.72 Å². The maximum Gasteiger partial charge on any atom is 0.419 e. The van der Waals surface area contributed by atoms with E-state index in [1.54, 1.807) is 0 Å². The summed E-state index contributed by atoms with van der Waals surface area (Å²) in [6.07, 6.45) is -4.95. The summed E-state index contributed by atoms with van der Waals surface area (Å²) in [4.78, 5) is 0.